The van der Waals surface area contributed by atoms with E-state index in [-0.39, 0.29) is 0 Å². The summed E-state index contributed by atoms with van der Waals surface area (Å²) in [5.74, 6) is 0. The predicted octanol–water partition coefficient (Wildman–Crippen LogP) is 0.433. The molecule has 3 nitrogen and oxygen atoms in total. The maximum absolute atomic E-state index is 10.5. The number of rotatable bonds is 0. The third-order valence-electron chi connectivity index (χ3n) is 1.28. The van der Waals surface area contributed by atoms with Crippen LogP contribution in [-0.2, 0) is 0 Å². The van der Waals surface area contributed by atoms with Crippen molar-refractivity contribution < 1.29 is 4.74 Å². The van der Waals surface area contributed by atoms with E-state index < -0.39 is 0 Å². The summed E-state index contributed by atoms with van der Waals surface area (Å²) in [5.41, 5.74) is 1.68. The number of aliphatic imine (C=N–C) groups is 1. The molecule has 0 radical (unpaired) electrons. The highest BCUT2D eigenvalue weighted by molar-refractivity contribution is 6.39. The van der Waals surface area contributed by atoms with Gasteiger partial charge in [0.05, 0.1) is 5.57 Å². The van der Waals surface area contributed by atoms with Crippen LogP contribution < -0.4 is 0 Å². The minimum Gasteiger partial charge on any atom is -0.619 e. The molecule has 0 spiro atoms. The molecule has 2 aliphatic heterocycles. The lowest BCUT2D eigenvalue weighted by molar-refractivity contribution is -0.368. The van der Waals surface area contributed by atoms with E-state index in [4.69, 9.17) is 0 Å². The van der Waals surface area contributed by atoms with Crippen molar-refractivity contribution >= 4 is 11.9 Å². The number of allylic oxidation sites excluding steroid dienone is 2. The second-order valence-corrected chi connectivity index (χ2v) is 1.90. The molecule has 0 saturated carbocycles. The highest BCUT2D eigenvalue weighted by Crippen LogP contribution is 2.11. The second-order valence-electron chi connectivity index (χ2n) is 1.90. The van der Waals surface area contributed by atoms with E-state index in [0.717, 1.165) is 16.0 Å². The third-order valence-corrected chi connectivity index (χ3v) is 1.28. The summed E-state index contributed by atoms with van der Waals surface area (Å²) in [6.07, 6.45) is 6.45. The largest absolute Gasteiger partial charge is 0.619 e. The maximum atomic E-state index is 10.5. The molecule has 0 bridgehead atoms. The fourth-order valence-electron chi connectivity index (χ4n) is 0.870. The summed E-state index contributed by atoms with van der Waals surface area (Å²) in [7, 11) is 0. The lowest BCUT2D eigenvalue weighted by Gasteiger charge is -1.85. The van der Waals surface area contributed by atoms with Gasteiger partial charge in [0.15, 0.2) is 6.20 Å². The molecule has 2 aliphatic rings. The molecule has 0 amide bonds. The van der Waals surface area contributed by atoms with Crippen molar-refractivity contribution in [3.63, 3.8) is 0 Å². The monoisotopic (exact) mass is 120 g/mol. The van der Waals surface area contributed by atoms with Crippen LogP contribution in [0.25, 0.3) is 0 Å². The minimum atomic E-state index is 0.762. The van der Waals surface area contributed by atoms with Crippen LogP contribution in [0, 0.1) is 5.21 Å². The Balaban J connectivity index is 2.53. The Bertz CT molecular complexity index is 271. The standard InChI is InChI=1S/C6H4N2O/c9-8-3-5-1-2-7-6(5)4-8/h1-4H. The minimum absolute atomic E-state index is 0.762. The molecule has 2 rings (SSSR count). The molecular formula is C6H4N2O. The smallest absolute Gasteiger partial charge is 0.206 e. The molecule has 0 aromatic rings. The van der Waals surface area contributed by atoms with E-state index >= 15 is 0 Å². The van der Waals surface area contributed by atoms with E-state index in [1.807, 2.05) is 6.08 Å². The van der Waals surface area contributed by atoms with Gasteiger partial charge >= 0.3 is 0 Å². The van der Waals surface area contributed by atoms with Crippen LogP contribution in [0.5, 0.6) is 0 Å². The molecule has 0 aliphatic carbocycles. The summed E-state index contributed by atoms with van der Waals surface area (Å²) in [5, 5.41) is 10.5. The Morgan fingerprint density at radius 1 is 1.56 bits per heavy atom. The number of fused-ring (bicyclic) bond motifs is 1. The fraction of sp³-hybridized carbons (Fsp3) is 0. The van der Waals surface area contributed by atoms with Crippen LogP contribution in [0.1, 0.15) is 0 Å². The van der Waals surface area contributed by atoms with E-state index in [2.05, 4.69) is 4.99 Å². The Hall–Kier alpha value is -1.38. The van der Waals surface area contributed by atoms with E-state index in [0.29, 0.717) is 0 Å². The number of nitrogens with zero attached hydrogens (tertiary/aromatic N) is 2. The van der Waals surface area contributed by atoms with Crippen molar-refractivity contribution in [1.82, 2.24) is 0 Å². The van der Waals surface area contributed by atoms with Crippen molar-refractivity contribution in [2.24, 2.45) is 4.99 Å². The summed E-state index contributed by atoms with van der Waals surface area (Å²) in [4.78, 5) is 3.92. The topological polar surface area (TPSA) is 38.4 Å². The first-order valence-electron chi connectivity index (χ1n) is 2.63. The first-order valence-corrected chi connectivity index (χ1v) is 2.63. The zero-order valence-electron chi connectivity index (χ0n) is 4.61. The van der Waals surface area contributed by atoms with Crippen LogP contribution in [0.3, 0.4) is 0 Å². The summed E-state index contributed by atoms with van der Waals surface area (Å²) < 4.78 is 0.762. The summed E-state index contributed by atoms with van der Waals surface area (Å²) in [6.45, 7) is 0. The van der Waals surface area contributed by atoms with Gasteiger partial charge in [-0.2, -0.15) is 4.74 Å². The van der Waals surface area contributed by atoms with Crippen molar-refractivity contribution in [3.05, 3.63) is 29.3 Å². The van der Waals surface area contributed by atoms with Gasteiger partial charge in [-0.15, -0.1) is 0 Å². The van der Waals surface area contributed by atoms with Crippen LogP contribution in [0.4, 0.5) is 0 Å². The molecule has 0 saturated heterocycles. The van der Waals surface area contributed by atoms with Gasteiger partial charge in [0.25, 0.3) is 0 Å². The summed E-state index contributed by atoms with van der Waals surface area (Å²) >= 11 is 0. The van der Waals surface area contributed by atoms with Gasteiger partial charge in [-0.25, -0.2) is 4.99 Å². The second kappa shape index (κ2) is 1.31. The molecular weight excluding hydrogens is 116 g/mol. The van der Waals surface area contributed by atoms with Gasteiger partial charge in [0.2, 0.25) is 6.21 Å². The number of hydrogen-bond acceptors (Lipinski definition) is 2. The molecule has 0 atom stereocenters. The van der Waals surface area contributed by atoms with Gasteiger partial charge in [-0.3, -0.25) is 0 Å². The molecule has 2 heterocycles. The maximum Gasteiger partial charge on any atom is 0.206 e. The Morgan fingerprint density at radius 3 is 3.22 bits per heavy atom. The van der Waals surface area contributed by atoms with Gasteiger partial charge in [-0.05, 0) is 6.08 Å². The molecule has 44 valence electrons. The zero-order valence-corrected chi connectivity index (χ0v) is 4.61. The molecule has 9 heavy (non-hydrogen) atoms. The van der Waals surface area contributed by atoms with E-state index in [1.54, 1.807) is 6.20 Å². The number of hydroxylamine groups is 1. The summed E-state index contributed by atoms with van der Waals surface area (Å²) in [6, 6.07) is 0. The molecule has 0 unspecified atom stereocenters. The van der Waals surface area contributed by atoms with Gasteiger partial charge in [0, 0.05) is 6.20 Å². The first-order chi connectivity index (χ1) is 4.36. The van der Waals surface area contributed by atoms with Crippen molar-refractivity contribution in [3.8, 4) is 0 Å². The van der Waals surface area contributed by atoms with E-state index in [9.17, 15) is 5.21 Å². The molecule has 0 aromatic carbocycles. The predicted molar refractivity (Wildman–Crippen MR) is 34.3 cm³/mol. The average molecular weight is 120 g/mol. The Morgan fingerprint density at radius 2 is 2.44 bits per heavy atom. The SMILES string of the molecule is [O-][N+]1=CC2=NC=CC2=C1. The highest BCUT2D eigenvalue weighted by atomic mass is 16.5. The van der Waals surface area contributed by atoms with Gasteiger partial charge < -0.3 is 5.21 Å². The van der Waals surface area contributed by atoms with Crippen molar-refractivity contribution in [2.45, 2.75) is 0 Å². The zero-order chi connectivity index (χ0) is 6.27. The highest BCUT2D eigenvalue weighted by Gasteiger charge is 2.17. The van der Waals surface area contributed by atoms with Crippen LogP contribution in [0.2, 0.25) is 0 Å². The third kappa shape index (κ3) is 0.512. The lowest BCUT2D eigenvalue weighted by Crippen LogP contribution is -1.96. The van der Waals surface area contributed by atoms with Gasteiger partial charge in [0.1, 0.15) is 5.71 Å². The van der Waals surface area contributed by atoms with Crippen LogP contribution >= 0.6 is 0 Å². The van der Waals surface area contributed by atoms with E-state index in [1.165, 1.54) is 12.4 Å². The van der Waals surface area contributed by atoms with Crippen molar-refractivity contribution in [1.29, 1.82) is 0 Å². The van der Waals surface area contributed by atoms with Crippen LogP contribution in [0.15, 0.2) is 29.0 Å². The quantitative estimate of drug-likeness (QED) is 0.337. The average Bonchev–Trinajstić information content (AvgIpc) is 2.22. The lowest BCUT2D eigenvalue weighted by atomic mass is 10.2. The normalized spacial score (nSPS) is 21.1. The fourth-order valence-corrected chi connectivity index (χ4v) is 0.870. The molecule has 0 aromatic heterocycles. The molecule has 0 fully saturated rings. The molecule has 3 heteroatoms. The Kier molecular flexibility index (Phi) is 0.656. The first kappa shape index (κ1) is 4.49. The Labute approximate surface area is 51.9 Å². The molecule has 0 N–H and O–H groups in total. The van der Waals surface area contributed by atoms with Crippen LogP contribution in [-0.4, -0.2) is 16.7 Å². The van der Waals surface area contributed by atoms with Crippen molar-refractivity contribution in [2.75, 3.05) is 0 Å². The number of hydrogen-bond donors (Lipinski definition) is 0. The van der Waals surface area contributed by atoms with Gasteiger partial charge in [-0.1, -0.05) is 0 Å².